The maximum Gasteiger partial charge on any atom is 0.309 e. The molecule has 7 heteroatoms. The third-order valence-electron chi connectivity index (χ3n) is 5.31. The van der Waals surface area contributed by atoms with Crippen LogP contribution in [-0.2, 0) is 28.9 Å². The number of imidazole rings is 1. The number of para-hydroxylation sites is 2. The van der Waals surface area contributed by atoms with Crippen molar-refractivity contribution in [3.8, 4) is 0 Å². The van der Waals surface area contributed by atoms with Crippen molar-refractivity contribution in [3.63, 3.8) is 0 Å². The SMILES string of the molecule is COC(=O)Cc1ccc(CC2CCN(Cc3nc4ccccc4[nH]3)C2)cc1.Cl.Cl. The van der Waals surface area contributed by atoms with E-state index in [0.717, 1.165) is 48.5 Å². The number of hydrogen-bond acceptors (Lipinski definition) is 4. The van der Waals surface area contributed by atoms with Crippen LogP contribution in [0.15, 0.2) is 48.5 Å². The highest BCUT2D eigenvalue weighted by atomic mass is 35.5. The van der Waals surface area contributed by atoms with Gasteiger partial charge in [0.25, 0.3) is 0 Å². The van der Waals surface area contributed by atoms with E-state index in [4.69, 9.17) is 9.72 Å². The Bertz CT molecular complexity index is 894. The zero-order valence-corrected chi connectivity index (χ0v) is 18.1. The number of rotatable bonds is 6. The third-order valence-corrected chi connectivity index (χ3v) is 5.31. The predicted molar refractivity (Wildman–Crippen MR) is 120 cm³/mol. The van der Waals surface area contributed by atoms with E-state index in [0.29, 0.717) is 12.3 Å². The molecule has 29 heavy (non-hydrogen) atoms. The van der Waals surface area contributed by atoms with Crippen LogP contribution in [0.5, 0.6) is 0 Å². The van der Waals surface area contributed by atoms with Gasteiger partial charge in [0.15, 0.2) is 0 Å². The molecule has 2 aromatic carbocycles. The van der Waals surface area contributed by atoms with Gasteiger partial charge in [-0.25, -0.2) is 4.98 Å². The first-order valence-electron chi connectivity index (χ1n) is 9.50. The van der Waals surface area contributed by atoms with Crippen LogP contribution in [-0.4, -0.2) is 41.0 Å². The van der Waals surface area contributed by atoms with Gasteiger partial charge in [0.1, 0.15) is 5.82 Å². The molecule has 1 aliphatic rings. The monoisotopic (exact) mass is 435 g/mol. The number of likely N-dealkylation sites (tertiary alicyclic amines) is 1. The minimum Gasteiger partial charge on any atom is -0.469 e. The van der Waals surface area contributed by atoms with Crippen molar-refractivity contribution in [2.24, 2.45) is 5.92 Å². The minimum atomic E-state index is -0.195. The summed E-state index contributed by atoms with van der Waals surface area (Å²) in [5.74, 6) is 1.52. The van der Waals surface area contributed by atoms with Gasteiger partial charge in [-0.1, -0.05) is 36.4 Å². The van der Waals surface area contributed by atoms with Gasteiger partial charge in [0.05, 0.1) is 31.1 Å². The number of fused-ring (bicyclic) bond motifs is 1. The fraction of sp³-hybridized carbons (Fsp3) is 0.364. The summed E-state index contributed by atoms with van der Waals surface area (Å²) >= 11 is 0. The van der Waals surface area contributed by atoms with E-state index in [1.165, 1.54) is 19.1 Å². The van der Waals surface area contributed by atoms with Gasteiger partial charge in [-0.3, -0.25) is 9.69 Å². The van der Waals surface area contributed by atoms with E-state index >= 15 is 0 Å². The Hall–Kier alpha value is -2.08. The van der Waals surface area contributed by atoms with Gasteiger partial charge in [0, 0.05) is 6.54 Å². The molecule has 0 aliphatic carbocycles. The topological polar surface area (TPSA) is 58.2 Å². The number of carbonyl (C=O) groups is 1. The number of aromatic amines is 1. The number of carbonyl (C=O) groups excluding carboxylic acids is 1. The van der Waals surface area contributed by atoms with E-state index < -0.39 is 0 Å². The lowest BCUT2D eigenvalue weighted by Gasteiger charge is -2.14. The Balaban J connectivity index is 0.00000150. The second-order valence-electron chi connectivity index (χ2n) is 7.36. The first-order chi connectivity index (χ1) is 13.2. The van der Waals surface area contributed by atoms with Crippen molar-refractivity contribution < 1.29 is 9.53 Å². The Morgan fingerprint density at radius 2 is 1.86 bits per heavy atom. The van der Waals surface area contributed by atoms with Crippen molar-refractivity contribution >= 4 is 41.8 Å². The number of nitrogens with one attached hydrogen (secondary N) is 1. The van der Waals surface area contributed by atoms with Gasteiger partial charge in [0.2, 0.25) is 0 Å². The molecule has 0 saturated carbocycles. The lowest BCUT2D eigenvalue weighted by Crippen LogP contribution is -2.21. The Morgan fingerprint density at radius 3 is 2.59 bits per heavy atom. The first-order valence-corrected chi connectivity index (χ1v) is 9.50. The molecular formula is C22H27Cl2N3O2. The van der Waals surface area contributed by atoms with Crippen molar-refractivity contribution in [2.75, 3.05) is 20.2 Å². The van der Waals surface area contributed by atoms with Crippen molar-refractivity contribution in [1.29, 1.82) is 0 Å². The molecule has 0 bridgehead atoms. The third kappa shape index (κ3) is 5.95. The normalized spacial score (nSPS) is 16.2. The standard InChI is InChI=1S/C22H25N3O2.2ClH/c1-27-22(26)13-17-8-6-16(7-9-17)12-18-10-11-25(14-18)15-21-23-19-4-2-3-5-20(19)24-21;;/h2-9,18H,10-15H2,1H3,(H,23,24);2*1H. The summed E-state index contributed by atoms with van der Waals surface area (Å²) in [4.78, 5) is 21.9. The molecule has 0 spiro atoms. The summed E-state index contributed by atoms with van der Waals surface area (Å²) in [6.07, 6.45) is 2.63. The lowest BCUT2D eigenvalue weighted by molar-refractivity contribution is -0.139. The zero-order valence-electron chi connectivity index (χ0n) is 16.5. The van der Waals surface area contributed by atoms with E-state index in [2.05, 4.69) is 28.1 Å². The van der Waals surface area contributed by atoms with Gasteiger partial charge in [-0.15, -0.1) is 24.8 Å². The summed E-state index contributed by atoms with van der Waals surface area (Å²) in [6.45, 7) is 3.09. The molecule has 1 atom stereocenters. The lowest BCUT2D eigenvalue weighted by atomic mass is 9.97. The number of hydrogen-bond donors (Lipinski definition) is 1. The number of benzene rings is 2. The van der Waals surface area contributed by atoms with Crippen LogP contribution in [0.1, 0.15) is 23.4 Å². The summed E-state index contributed by atoms with van der Waals surface area (Å²) in [5.41, 5.74) is 4.48. The molecule has 1 aliphatic heterocycles. The molecule has 3 aromatic rings. The molecule has 1 fully saturated rings. The molecule has 5 nitrogen and oxygen atoms in total. The zero-order chi connectivity index (χ0) is 18.6. The highest BCUT2D eigenvalue weighted by Gasteiger charge is 2.23. The first kappa shape index (κ1) is 23.2. The Morgan fingerprint density at radius 1 is 1.14 bits per heavy atom. The average molecular weight is 436 g/mol. The molecule has 1 N–H and O–H groups in total. The summed E-state index contributed by atoms with van der Waals surface area (Å²) in [5, 5.41) is 0. The van der Waals surface area contributed by atoms with Crippen molar-refractivity contribution in [2.45, 2.75) is 25.8 Å². The summed E-state index contributed by atoms with van der Waals surface area (Å²) in [6, 6.07) is 16.5. The highest BCUT2D eigenvalue weighted by Crippen LogP contribution is 2.23. The summed E-state index contributed by atoms with van der Waals surface area (Å²) < 4.78 is 4.72. The second kappa shape index (κ2) is 10.6. The van der Waals surface area contributed by atoms with E-state index in [9.17, 15) is 4.79 Å². The minimum absolute atomic E-state index is 0. The molecule has 1 saturated heterocycles. The molecule has 2 heterocycles. The van der Waals surface area contributed by atoms with E-state index in [-0.39, 0.29) is 30.8 Å². The Kier molecular flexibility index (Phi) is 8.50. The van der Waals surface area contributed by atoms with Crippen LogP contribution >= 0.6 is 24.8 Å². The van der Waals surface area contributed by atoms with E-state index in [1.807, 2.05) is 30.3 Å². The largest absolute Gasteiger partial charge is 0.469 e. The number of halogens is 2. The van der Waals surface area contributed by atoms with Gasteiger partial charge < -0.3 is 9.72 Å². The number of H-pyrrole nitrogens is 1. The molecule has 4 rings (SSSR count). The van der Waals surface area contributed by atoms with Gasteiger partial charge >= 0.3 is 5.97 Å². The number of esters is 1. The molecular weight excluding hydrogens is 409 g/mol. The van der Waals surface area contributed by atoms with Crippen LogP contribution in [0.25, 0.3) is 11.0 Å². The molecule has 156 valence electrons. The summed E-state index contributed by atoms with van der Waals surface area (Å²) in [7, 11) is 1.42. The highest BCUT2D eigenvalue weighted by molar-refractivity contribution is 5.85. The average Bonchev–Trinajstić information content (AvgIpc) is 3.29. The van der Waals surface area contributed by atoms with E-state index in [1.54, 1.807) is 0 Å². The number of ether oxygens (including phenoxy) is 1. The van der Waals surface area contributed by atoms with Crippen LogP contribution < -0.4 is 0 Å². The van der Waals surface area contributed by atoms with Gasteiger partial charge in [-0.05, 0) is 48.6 Å². The van der Waals surface area contributed by atoms with Crippen molar-refractivity contribution in [3.05, 3.63) is 65.5 Å². The van der Waals surface area contributed by atoms with Gasteiger partial charge in [-0.2, -0.15) is 0 Å². The number of methoxy groups -OCH3 is 1. The Labute approximate surface area is 183 Å². The van der Waals surface area contributed by atoms with Crippen LogP contribution in [0, 0.1) is 5.92 Å². The smallest absolute Gasteiger partial charge is 0.309 e. The predicted octanol–water partition coefficient (Wildman–Crippen LogP) is 4.19. The molecule has 0 radical (unpaired) electrons. The fourth-order valence-electron chi connectivity index (χ4n) is 3.88. The van der Waals surface area contributed by atoms with Crippen LogP contribution in [0.3, 0.4) is 0 Å². The van der Waals surface area contributed by atoms with Crippen LogP contribution in [0.4, 0.5) is 0 Å². The molecule has 1 aromatic heterocycles. The van der Waals surface area contributed by atoms with Crippen LogP contribution in [0.2, 0.25) is 0 Å². The van der Waals surface area contributed by atoms with Crippen molar-refractivity contribution in [1.82, 2.24) is 14.9 Å². The number of aromatic nitrogens is 2. The fourth-order valence-corrected chi connectivity index (χ4v) is 3.88. The molecule has 0 amide bonds. The quantitative estimate of drug-likeness (QED) is 0.589. The maximum absolute atomic E-state index is 11.4. The number of nitrogens with zero attached hydrogens (tertiary/aromatic N) is 2. The second-order valence-corrected chi connectivity index (χ2v) is 7.36. The molecule has 1 unspecified atom stereocenters. The maximum atomic E-state index is 11.4.